The lowest BCUT2D eigenvalue weighted by molar-refractivity contribution is 0.0196. The first-order valence-corrected chi connectivity index (χ1v) is 8.63. The first kappa shape index (κ1) is 14.8. The molecular weight excluding hydrogens is 248 g/mol. The summed E-state index contributed by atoms with van der Waals surface area (Å²) in [5.74, 6) is 0.933. The highest BCUT2D eigenvalue weighted by atomic mass is 15.3. The molecule has 20 heavy (non-hydrogen) atoms. The van der Waals surface area contributed by atoms with E-state index in [2.05, 4.69) is 33.9 Å². The Bertz CT molecular complexity index is 287. The van der Waals surface area contributed by atoms with Crippen molar-refractivity contribution in [2.45, 2.75) is 38.8 Å². The maximum absolute atomic E-state index is 3.48. The average molecular weight is 280 g/mol. The van der Waals surface area contributed by atoms with Gasteiger partial charge in [-0.05, 0) is 45.7 Å². The number of nitrogens with zero attached hydrogens (tertiary/aromatic N) is 3. The summed E-state index contributed by atoms with van der Waals surface area (Å²) in [7, 11) is 0. The lowest BCUT2D eigenvalue weighted by atomic mass is 9.97. The van der Waals surface area contributed by atoms with Crippen LogP contribution in [0, 0.1) is 5.92 Å². The Morgan fingerprint density at radius 2 is 1.65 bits per heavy atom. The SMILES string of the molecule is CC(C)N1CC(CN2CCN(C3CCNCC3)CC2)C1. The van der Waals surface area contributed by atoms with Gasteiger partial charge in [0.2, 0.25) is 0 Å². The molecule has 0 radical (unpaired) electrons. The zero-order valence-electron chi connectivity index (χ0n) is 13.4. The van der Waals surface area contributed by atoms with Gasteiger partial charge in [0, 0.05) is 57.9 Å². The van der Waals surface area contributed by atoms with E-state index in [0.29, 0.717) is 0 Å². The van der Waals surface area contributed by atoms with E-state index in [0.717, 1.165) is 18.0 Å². The molecule has 1 N–H and O–H groups in total. The molecule has 0 aliphatic carbocycles. The van der Waals surface area contributed by atoms with Crippen molar-refractivity contribution in [2.75, 3.05) is 58.9 Å². The van der Waals surface area contributed by atoms with E-state index in [1.807, 2.05) is 0 Å². The number of hydrogen-bond donors (Lipinski definition) is 1. The fourth-order valence-electron chi connectivity index (χ4n) is 3.99. The topological polar surface area (TPSA) is 21.8 Å². The molecule has 116 valence electrons. The smallest absolute Gasteiger partial charge is 0.0120 e. The zero-order chi connectivity index (χ0) is 13.9. The Morgan fingerprint density at radius 3 is 2.25 bits per heavy atom. The van der Waals surface area contributed by atoms with Gasteiger partial charge in [0.15, 0.2) is 0 Å². The molecule has 3 aliphatic rings. The molecule has 0 atom stereocenters. The average Bonchev–Trinajstić information content (AvgIpc) is 2.43. The number of piperazine rings is 1. The van der Waals surface area contributed by atoms with Gasteiger partial charge in [-0.1, -0.05) is 0 Å². The van der Waals surface area contributed by atoms with Gasteiger partial charge in [-0.2, -0.15) is 0 Å². The Hall–Kier alpha value is -0.160. The van der Waals surface area contributed by atoms with Crippen molar-refractivity contribution in [3.05, 3.63) is 0 Å². The Labute approximate surface area is 124 Å². The molecule has 0 unspecified atom stereocenters. The van der Waals surface area contributed by atoms with E-state index < -0.39 is 0 Å². The fourth-order valence-corrected chi connectivity index (χ4v) is 3.99. The minimum Gasteiger partial charge on any atom is -0.317 e. The van der Waals surface area contributed by atoms with Crippen LogP contribution in [0.1, 0.15) is 26.7 Å². The summed E-state index contributed by atoms with van der Waals surface area (Å²) in [4.78, 5) is 8.05. The predicted molar refractivity (Wildman–Crippen MR) is 84.1 cm³/mol. The van der Waals surface area contributed by atoms with Crippen LogP contribution in [-0.2, 0) is 0 Å². The minimum absolute atomic E-state index is 0.739. The summed E-state index contributed by atoms with van der Waals surface area (Å²) in [6.07, 6.45) is 2.71. The van der Waals surface area contributed by atoms with Crippen LogP contribution in [-0.4, -0.2) is 85.7 Å². The van der Waals surface area contributed by atoms with Crippen LogP contribution in [0.4, 0.5) is 0 Å². The van der Waals surface area contributed by atoms with Crippen LogP contribution in [0.15, 0.2) is 0 Å². The number of nitrogens with one attached hydrogen (secondary N) is 1. The van der Waals surface area contributed by atoms with E-state index in [-0.39, 0.29) is 0 Å². The van der Waals surface area contributed by atoms with Crippen LogP contribution in [0.3, 0.4) is 0 Å². The standard InChI is InChI=1S/C16H32N4/c1-14(2)20-12-15(13-20)11-18-7-9-19(10-8-18)16-3-5-17-6-4-16/h14-17H,3-13H2,1-2H3. The molecular formula is C16H32N4. The maximum atomic E-state index is 3.48. The van der Waals surface area contributed by atoms with Crippen LogP contribution >= 0.6 is 0 Å². The largest absolute Gasteiger partial charge is 0.317 e. The van der Waals surface area contributed by atoms with Crippen molar-refractivity contribution in [1.82, 2.24) is 20.0 Å². The van der Waals surface area contributed by atoms with Crippen LogP contribution < -0.4 is 5.32 Å². The van der Waals surface area contributed by atoms with Gasteiger partial charge in [0.05, 0.1) is 0 Å². The van der Waals surface area contributed by atoms with E-state index in [4.69, 9.17) is 0 Å². The number of piperidine rings is 1. The molecule has 3 heterocycles. The molecule has 0 aromatic rings. The molecule has 0 aromatic carbocycles. The highest BCUT2D eigenvalue weighted by Crippen LogP contribution is 2.21. The van der Waals surface area contributed by atoms with Crippen LogP contribution in [0.5, 0.6) is 0 Å². The van der Waals surface area contributed by atoms with Gasteiger partial charge in [0.25, 0.3) is 0 Å². The van der Waals surface area contributed by atoms with Gasteiger partial charge in [-0.25, -0.2) is 0 Å². The highest BCUT2D eigenvalue weighted by molar-refractivity contribution is 4.87. The van der Waals surface area contributed by atoms with E-state index in [1.165, 1.54) is 71.7 Å². The third kappa shape index (κ3) is 3.53. The van der Waals surface area contributed by atoms with E-state index >= 15 is 0 Å². The lowest BCUT2D eigenvalue weighted by Crippen LogP contribution is -2.57. The molecule has 4 heteroatoms. The lowest BCUT2D eigenvalue weighted by Gasteiger charge is -2.46. The second-order valence-corrected chi connectivity index (χ2v) is 7.23. The molecule has 0 amide bonds. The summed E-state index contributed by atoms with van der Waals surface area (Å²) in [6, 6.07) is 1.60. The Balaban J connectivity index is 1.34. The van der Waals surface area contributed by atoms with Crippen molar-refractivity contribution in [3.63, 3.8) is 0 Å². The molecule has 0 aromatic heterocycles. The van der Waals surface area contributed by atoms with Crippen molar-refractivity contribution in [2.24, 2.45) is 5.92 Å². The van der Waals surface area contributed by atoms with Gasteiger partial charge >= 0.3 is 0 Å². The number of rotatable bonds is 4. The normalized spacial score (nSPS) is 28.9. The van der Waals surface area contributed by atoms with Crippen molar-refractivity contribution >= 4 is 0 Å². The minimum atomic E-state index is 0.739. The van der Waals surface area contributed by atoms with Gasteiger partial charge in [-0.3, -0.25) is 4.90 Å². The molecule has 3 aliphatic heterocycles. The van der Waals surface area contributed by atoms with Crippen molar-refractivity contribution < 1.29 is 0 Å². The predicted octanol–water partition coefficient (Wildman–Crippen LogP) is 0.696. The molecule has 4 nitrogen and oxygen atoms in total. The molecule has 0 spiro atoms. The zero-order valence-corrected chi connectivity index (χ0v) is 13.4. The third-order valence-electron chi connectivity index (χ3n) is 5.46. The second-order valence-electron chi connectivity index (χ2n) is 7.23. The maximum Gasteiger partial charge on any atom is 0.0120 e. The Kier molecular flexibility index (Phi) is 4.97. The summed E-state index contributed by atoms with van der Waals surface area (Å²) in [5.41, 5.74) is 0. The highest BCUT2D eigenvalue weighted by Gasteiger charge is 2.31. The number of hydrogen-bond acceptors (Lipinski definition) is 4. The first-order chi connectivity index (χ1) is 9.72. The molecule has 3 fully saturated rings. The van der Waals surface area contributed by atoms with Crippen molar-refractivity contribution in [1.29, 1.82) is 0 Å². The van der Waals surface area contributed by atoms with Gasteiger partial charge in [0.1, 0.15) is 0 Å². The van der Waals surface area contributed by atoms with Gasteiger partial charge < -0.3 is 15.1 Å². The molecule has 3 saturated heterocycles. The molecule has 3 rings (SSSR count). The summed E-state index contributed by atoms with van der Waals surface area (Å²) >= 11 is 0. The van der Waals surface area contributed by atoms with Gasteiger partial charge in [-0.15, -0.1) is 0 Å². The third-order valence-corrected chi connectivity index (χ3v) is 5.46. The second kappa shape index (κ2) is 6.73. The van der Waals surface area contributed by atoms with Crippen molar-refractivity contribution in [3.8, 4) is 0 Å². The monoisotopic (exact) mass is 280 g/mol. The van der Waals surface area contributed by atoms with Crippen LogP contribution in [0.25, 0.3) is 0 Å². The van der Waals surface area contributed by atoms with Crippen LogP contribution in [0.2, 0.25) is 0 Å². The molecule has 0 saturated carbocycles. The van der Waals surface area contributed by atoms with E-state index in [9.17, 15) is 0 Å². The summed E-state index contributed by atoms with van der Waals surface area (Å²) in [5, 5.41) is 3.48. The molecule has 0 bridgehead atoms. The van der Waals surface area contributed by atoms with E-state index in [1.54, 1.807) is 0 Å². The summed E-state index contributed by atoms with van der Waals surface area (Å²) < 4.78 is 0. The quantitative estimate of drug-likeness (QED) is 0.818. The number of likely N-dealkylation sites (tertiary alicyclic amines) is 1. The first-order valence-electron chi connectivity index (χ1n) is 8.63. The Morgan fingerprint density at radius 1 is 1.00 bits per heavy atom. The fraction of sp³-hybridized carbons (Fsp3) is 1.00. The summed E-state index contributed by atoms with van der Waals surface area (Å²) in [6.45, 7) is 16.2.